The molecule has 2 aromatic heterocycles. The predicted octanol–water partition coefficient (Wildman–Crippen LogP) is 5.85. The molecule has 1 unspecified atom stereocenters. The summed E-state index contributed by atoms with van der Waals surface area (Å²) in [6.07, 6.45) is 2.09. The maximum absolute atomic E-state index is 6.05. The van der Waals surface area contributed by atoms with Crippen LogP contribution >= 0.6 is 34.3 Å². The third-order valence-electron chi connectivity index (χ3n) is 3.64. The number of rotatable bonds is 6. The first-order chi connectivity index (χ1) is 10.2. The Morgan fingerprint density at radius 2 is 2.24 bits per heavy atom. The topological polar surface area (TPSA) is 22.1 Å². The zero-order valence-electron chi connectivity index (χ0n) is 12.2. The van der Waals surface area contributed by atoms with Crippen molar-refractivity contribution in [1.29, 1.82) is 0 Å². The highest BCUT2D eigenvalue weighted by Crippen LogP contribution is 2.38. The Bertz CT molecular complexity index is 749. The van der Waals surface area contributed by atoms with Gasteiger partial charge in [-0.1, -0.05) is 6.92 Å². The Labute approximate surface area is 137 Å². The molecule has 3 rings (SSSR count). The lowest BCUT2D eigenvalue weighted by Crippen LogP contribution is -2.04. The second kappa shape index (κ2) is 6.51. The van der Waals surface area contributed by atoms with Crippen LogP contribution in [0.5, 0.6) is 5.75 Å². The van der Waals surface area contributed by atoms with Crippen LogP contribution in [-0.4, -0.2) is 17.5 Å². The summed E-state index contributed by atoms with van der Waals surface area (Å²) >= 11 is 9.25. The van der Waals surface area contributed by atoms with E-state index in [-0.39, 0.29) is 0 Å². The van der Waals surface area contributed by atoms with Gasteiger partial charge in [-0.3, -0.25) is 0 Å². The van der Waals surface area contributed by atoms with Crippen molar-refractivity contribution in [2.45, 2.75) is 26.7 Å². The van der Waals surface area contributed by atoms with E-state index in [9.17, 15) is 0 Å². The van der Waals surface area contributed by atoms with Gasteiger partial charge in [-0.25, -0.2) is 4.98 Å². The van der Waals surface area contributed by atoms with Crippen molar-refractivity contribution in [2.75, 3.05) is 12.5 Å². The molecule has 1 atom stereocenters. The number of alkyl halides is 1. The smallest absolute Gasteiger partial charge is 0.129 e. The van der Waals surface area contributed by atoms with E-state index in [0.717, 1.165) is 41.6 Å². The summed E-state index contributed by atoms with van der Waals surface area (Å²) in [5.41, 5.74) is 1.12. The van der Waals surface area contributed by atoms with Gasteiger partial charge in [0.25, 0.3) is 0 Å². The lowest BCUT2D eigenvalue weighted by molar-refractivity contribution is 0.285. The van der Waals surface area contributed by atoms with Crippen LogP contribution in [0.3, 0.4) is 0 Å². The molecule has 0 aliphatic rings. The van der Waals surface area contributed by atoms with E-state index in [0.29, 0.717) is 5.92 Å². The number of aryl methyl sites for hydroxylation is 1. The van der Waals surface area contributed by atoms with Crippen LogP contribution in [0.4, 0.5) is 0 Å². The summed E-state index contributed by atoms with van der Waals surface area (Å²) in [6, 6.07) is 4.27. The molecule has 2 heterocycles. The van der Waals surface area contributed by atoms with E-state index < -0.39 is 0 Å². The van der Waals surface area contributed by atoms with Gasteiger partial charge in [0.2, 0.25) is 0 Å². The molecule has 0 saturated carbocycles. The fourth-order valence-corrected chi connectivity index (χ4v) is 4.61. The Morgan fingerprint density at radius 1 is 1.38 bits per heavy atom. The van der Waals surface area contributed by atoms with Crippen molar-refractivity contribution in [3.8, 4) is 5.75 Å². The zero-order valence-corrected chi connectivity index (χ0v) is 14.6. The minimum absolute atomic E-state index is 0.606. The van der Waals surface area contributed by atoms with E-state index in [1.165, 1.54) is 14.8 Å². The minimum atomic E-state index is 0.606. The number of fused-ring (bicyclic) bond motifs is 3. The monoisotopic (exact) mass is 339 g/mol. The SMILES string of the molecule is Cc1nc2c(cc(OCCC(C)CCCl)c3ccsc32)s1. The molecule has 0 bridgehead atoms. The molecule has 0 N–H and O–H groups in total. The number of aromatic nitrogens is 1. The third-order valence-corrected chi connectivity index (χ3v) is 5.70. The number of thiazole rings is 1. The predicted molar refractivity (Wildman–Crippen MR) is 94.4 cm³/mol. The van der Waals surface area contributed by atoms with Gasteiger partial charge in [0, 0.05) is 17.3 Å². The van der Waals surface area contributed by atoms with Crippen LogP contribution in [0.25, 0.3) is 20.3 Å². The first kappa shape index (κ1) is 15.1. The molecular weight excluding hydrogens is 322 g/mol. The molecule has 2 nitrogen and oxygen atoms in total. The van der Waals surface area contributed by atoms with Gasteiger partial charge < -0.3 is 4.74 Å². The number of benzene rings is 1. The molecule has 1 aromatic carbocycles. The quantitative estimate of drug-likeness (QED) is 0.525. The summed E-state index contributed by atoms with van der Waals surface area (Å²) in [6.45, 7) is 5.02. The minimum Gasteiger partial charge on any atom is -0.493 e. The Balaban J connectivity index is 1.85. The lowest BCUT2D eigenvalue weighted by Gasteiger charge is -2.11. The van der Waals surface area contributed by atoms with Crippen molar-refractivity contribution in [3.05, 3.63) is 22.5 Å². The molecule has 21 heavy (non-hydrogen) atoms. The van der Waals surface area contributed by atoms with Gasteiger partial charge in [0.05, 0.1) is 26.5 Å². The van der Waals surface area contributed by atoms with Gasteiger partial charge >= 0.3 is 0 Å². The number of halogens is 1. The largest absolute Gasteiger partial charge is 0.493 e. The van der Waals surface area contributed by atoms with Gasteiger partial charge in [0.15, 0.2) is 0 Å². The zero-order chi connectivity index (χ0) is 14.8. The second-order valence-electron chi connectivity index (χ2n) is 5.34. The Kier molecular flexibility index (Phi) is 4.67. The number of thiophene rings is 1. The van der Waals surface area contributed by atoms with Crippen molar-refractivity contribution in [2.24, 2.45) is 5.92 Å². The van der Waals surface area contributed by atoms with Gasteiger partial charge in [-0.2, -0.15) is 0 Å². The van der Waals surface area contributed by atoms with Crippen molar-refractivity contribution in [3.63, 3.8) is 0 Å². The third kappa shape index (κ3) is 3.17. The highest BCUT2D eigenvalue weighted by atomic mass is 35.5. The molecular formula is C16H18ClNOS2. The van der Waals surface area contributed by atoms with Crippen LogP contribution in [-0.2, 0) is 0 Å². The average Bonchev–Trinajstić information content (AvgIpc) is 3.04. The van der Waals surface area contributed by atoms with E-state index in [4.69, 9.17) is 16.3 Å². The summed E-state index contributed by atoms with van der Waals surface area (Å²) in [7, 11) is 0. The summed E-state index contributed by atoms with van der Waals surface area (Å²) in [5.74, 6) is 2.32. The molecule has 0 aliphatic carbocycles. The van der Waals surface area contributed by atoms with Crippen molar-refractivity contribution < 1.29 is 4.74 Å². The van der Waals surface area contributed by atoms with E-state index in [1.54, 1.807) is 22.7 Å². The summed E-state index contributed by atoms with van der Waals surface area (Å²) < 4.78 is 8.51. The molecule has 0 fully saturated rings. The fourth-order valence-electron chi connectivity index (χ4n) is 2.41. The first-order valence-corrected chi connectivity index (χ1v) is 9.38. The van der Waals surface area contributed by atoms with E-state index in [2.05, 4.69) is 36.3 Å². The molecule has 112 valence electrons. The molecule has 3 aromatic rings. The van der Waals surface area contributed by atoms with Crippen LogP contribution in [0.15, 0.2) is 17.5 Å². The summed E-state index contributed by atoms with van der Waals surface area (Å²) in [4.78, 5) is 4.65. The standard InChI is InChI=1S/C16H18ClNOS2/c1-10(3-6-17)4-7-19-13-9-14-15(18-11(2)21-14)16-12(13)5-8-20-16/h5,8-10H,3-4,6-7H2,1-2H3. The number of hydrogen-bond donors (Lipinski definition) is 0. The van der Waals surface area contributed by atoms with Crippen LogP contribution in [0, 0.1) is 12.8 Å². The average molecular weight is 340 g/mol. The van der Waals surface area contributed by atoms with Gasteiger partial charge in [0.1, 0.15) is 5.75 Å². The van der Waals surface area contributed by atoms with Gasteiger partial charge in [-0.05, 0) is 37.1 Å². The molecule has 0 spiro atoms. The molecule has 5 heteroatoms. The van der Waals surface area contributed by atoms with Crippen molar-refractivity contribution in [1.82, 2.24) is 4.98 Å². The molecule has 0 aliphatic heterocycles. The number of nitrogens with zero attached hydrogens (tertiary/aromatic N) is 1. The normalized spacial score (nSPS) is 13.1. The fraction of sp³-hybridized carbons (Fsp3) is 0.438. The molecule has 0 saturated heterocycles. The van der Waals surface area contributed by atoms with Gasteiger partial charge in [-0.15, -0.1) is 34.3 Å². The van der Waals surface area contributed by atoms with Crippen LogP contribution in [0.1, 0.15) is 24.8 Å². The van der Waals surface area contributed by atoms with E-state index >= 15 is 0 Å². The maximum Gasteiger partial charge on any atom is 0.129 e. The van der Waals surface area contributed by atoms with Crippen LogP contribution in [0.2, 0.25) is 0 Å². The first-order valence-electron chi connectivity index (χ1n) is 7.15. The maximum atomic E-state index is 6.05. The number of hydrogen-bond acceptors (Lipinski definition) is 4. The highest BCUT2D eigenvalue weighted by molar-refractivity contribution is 7.21. The lowest BCUT2D eigenvalue weighted by atomic mass is 10.1. The Hall–Kier alpha value is -0.840. The number of ether oxygens (including phenoxy) is 1. The van der Waals surface area contributed by atoms with Crippen LogP contribution < -0.4 is 4.74 Å². The van der Waals surface area contributed by atoms with Crippen molar-refractivity contribution >= 4 is 54.6 Å². The Morgan fingerprint density at radius 3 is 3.05 bits per heavy atom. The van der Waals surface area contributed by atoms with E-state index in [1.807, 2.05) is 0 Å². The summed E-state index contributed by atoms with van der Waals surface area (Å²) in [5, 5.41) is 4.40. The second-order valence-corrected chi connectivity index (χ2v) is 7.87. The molecule has 0 amide bonds. The molecule has 0 radical (unpaired) electrons. The highest BCUT2D eigenvalue weighted by Gasteiger charge is 2.12.